The number of hydrogen-bond acceptors (Lipinski definition) is 2. The fraction of sp³-hybridized carbons (Fsp3) is 0.625. The Balaban J connectivity index is 1.93. The number of hydrogen-bond donors (Lipinski definition) is 1. The van der Waals surface area contributed by atoms with Crippen LogP contribution in [-0.4, -0.2) is 10.7 Å². The highest BCUT2D eigenvalue weighted by atomic mass is 16.5. The normalized spacial score (nSPS) is 39.2. The number of para-hydroxylation sites is 1. The third-order valence-corrected chi connectivity index (χ3v) is 4.84. The van der Waals surface area contributed by atoms with Crippen LogP contribution in [0.15, 0.2) is 24.3 Å². The Morgan fingerprint density at radius 3 is 2.83 bits per heavy atom. The van der Waals surface area contributed by atoms with Crippen LogP contribution in [0, 0.1) is 11.8 Å². The molecule has 0 radical (unpaired) electrons. The molecular formula is C16H22O2. The van der Waals surface area contributed by atoms with Crippen molar-refractivity contribution in [3.63, 3.8) is 0 Å². The van der Waals surface area contributed by atoms with Crippen molar-refractivity contribution in [1.29, 1.82) is 0 Å². The first-order chi connectivity index (χ1) is 8.61. The van der Waals surface area contributed by atoms with Crippen LogP contribution in [-0.2, 0) is 0 Å². The second-order valence-electron chi connectivity index (χ2n) is 6.21. The van der Waals surface area contributed by atoms with Gasteiger partial charge in [0.15, 0.2) is 0 Å². The summed E-state index contributed by atoms with van der Waals surface area (Å²) in [6, 6.07) is 7.92. The highest BCUT2D eigenvalue weighted by molar-refractivity contribution is 5.38. The molecule has 1 aromatic rings. The molecule has 0 saturated heterocycles. The molecule has 1 aliphatic carbocycles. The topological polar surface area (TPSA) is 29.5 Å². The van der Waals surface area contributed by atoms with Crippen LogP contribution in [0.5, 0.6) is 5.75 Å². The molecule has 0 amide bonds. The maximum Gasteiger partial charge on any atom is 0.125 e. The van der Waals surface area contributed by atoms with E-state index in [2.05, 4.69) is 13.8 Å². The Morgan fingerprint density at radius 2 is 2.06 bits per heavy atom. The van der Waals surface area contributed by atoms with Crippen molar-refractivity contribution in [1.82, 2.24) is 0 Å². The molecule has 3 rings (SSSR count). The standard InChI is InChI=1S/C16H22O2/c1-11-7-8-16(12(2)9-11)10-14(17)13-5-3-4-6-15(13)18-16/h3-6,11-12,14,17H,7-10H2,1-2H3. The summed E-state index contributed by atoms with van der Waals surface area (Å²) in [6.07, 6.45) is 3.86. The summed E-state index contributed by atoms with van der Waals surface area (Å²) in [5.41, 5.74) is 0.814. The number of aliphatic hydroxyl groups excluding tert-OH is 1. The first kappa shape index (κ1) is 12.0. The summed E-state index contributed by atoms with van der Waals surface area (Å²) in [6.45, 7) is 4.59. The van der Waals surface area contributed by atoms with Crippen LogP contribution < -0.4 is 4.74 Å². The summed E-state index contributed by atoms with van der Waals surface area (Å²) in [7, 11) is 0. The summed E-state index contributed by atoms with van der Waals surface area (Å²) in [5.74, 6) is 2.19. The maximum absolute atomic E-state index is 10.4. The van der Waals surface area contributed by atoms with Gasteiger partial charge >= 0.3 is 0 Å². The summed E-state index contributed by atoms with van der Waals surface area (Å²) < 4.78 is 6.33. The van der Waals surface area contributed by atoms with Crippen LogP contribution in [0.2, 0.25) is 0 Å². The monoisotopic (exact) mass is 246 g/mol. The van der Waals surface area contributed by atoms with E-state index in [9.17, 15) is 5.11 Å². The van der Waals surface area contributed by atoms with E-state index >= 15 is 0 Å². The first-order valence-electron chi connectivity index (χ1n) is 7.07. The fourth-order valence-electron chi connectivity index (χ4n) is 3.67. The molecular weight excluding hydrogens is 224 g/mol. The van der Waals surface area contributed by atoms with Crippen LogP contribution in [0.25, 0.3) is 0 Å². The van der Waals surface area contributed by atoms with Crippen LogP contribution in [0.1, 0.15) is 51.2 Å². The Morgan fingerprint density at radius 1 is 1.28 bits per heavy atom. The first-order valence-corrected chi connectivity index (χ1v) is 7.07. The molecule has 2 nitrogen and oxygen atoms in total. The van der Waals surface area contributed by atoms with Gasteiger partial charge in [-0.05, 0) is 37.2 Å². The minimum Gasteiger partial charge on any atom is -0.487 e. The second-order valence-corrected chi connectivity index (χ2v) is 6.21. The molecule has 4 atom stereocenters. The zero-order chi connectivity index (χ0) is 12.8. The minimum absolute atomic E-state index is 0.139. The van der Waals surface area contributed by atoms with Crippen molar-refractivity contribution >= 4 is 0 Å². The fourth-order valence-corrected chi connectivity index (χ4v) is 3.67. The molecule has 1 aromatic carbocycles. The second kappa shape index (κ2) is 4.27. The van der Waals surface area contributed by atoms with Gasteiger partial charge in [0.2, 0.25) is 0 Å². The van der Waals surface area contributed by atoms with E-state index in [4.69, 9.17) is 4.74 Å². The molecule has 4 unspecified atom stereocenters. The molecule has 1 saturated carbocycles. The van der Waals surface area contributed by atoms with Crippen molar-refractivity contribution in [2.24, 2.45) is 11.8 Å². The largest absolute Gasteiger partial charge is 0.487 e. The van der Waals surface area contributed by atoms with E-state index in [1.54, 1.807) is 0 Å². The molecule has 0 aromatic heterocycles. The number of benzene rings is 1. The lowest BCUT2D eigenvalue weighted by Gasteiger charge is -2.48. The van der Waals surface area contributed by atoms with Gasteiger partial charge in [-0.1, -0.05) is 32.0 Å². The molecule has 0 bridgehead atoms. The van der Waals surface area contributed by atoms with Gasteiger partial charge in [-0.15, -0.1) is 0 Å². The van der Waals surface area contributed by atoms with Crippen LogP contribution in [0.4, 0.5) is 0 Å². The van der Waals surface area contributed by atoms with Gasteiger partial charge in [0.25, 0.3) is 0 Å². The summed E-state index contributed by atoms with van der Waals surface area (Å²) in [5, 5.41) is 10.4. The van der Waals surface area contributed by atoms with E-state index in [-0.39, 0.29) is 11.7 Å². The molecule has 1 fully saturated rings. The maximum atomic E-state index is 10.4. The van der Waals surface area contributed by atoms with E-state index in [1.165, 1.54) is 12.8 Å². The predicted molar refractivity (Wildman–Crippen MR) is 71.6 cm³/mol. The molecule has 98 valence electrons. The lowest BCUT2D eigenvalue weighted by atomic mass is 9.68. The zero-order valence-corrected chi connectivity index (χ0v) is 11.2. The third-order valence-electron chi connectivity index (χ3n) is 4.84. The molecule has 1 heterocycles. The molecule has 1 spiro atoms. The van der Waals surface area contributed by atoms with Gasteiger partial charge < -0.3 is 9.84 Å². The quantitative estimate of drug-likeness (QED) is 0.756. The van der Waals surface area contributed by atoms with Crippen molar-refractivity contribution in [3.05, 3.63) is 29.8 Å². The minimum atomic E-state index is -0.370. The van der Waals surface area contributed by atoms with E-state index in [0.717, 1.165) is 30.1 Å². The van der Waals surface area contributed by atoms with Crippen LogP contribution >= 0.6 is 0 Å². The zero-order valence-electron chi connectivity index (χ0n) is 11.2. The smallest absolute Gasteiger partial charge is 0.125 e. The highest BCUT2D eigenvalue weighted by Gasteiger charge is 2.46. The number of fused-ring (bicyclic) bond motifs is 1. The Hall–Kier alpha value is -1.02. The lowest BCUT2D eigenvalue weighted by molar-refractivity contribution is -0.0802. The van der Waals surface area contributed by atoms with E-state index in [1.807, 2.05) is 24.3 Å². The summed E-state index contributed by atoms with van der Waals surface area (Å²) in [4.78, 5) is 0. The molecule has 18 heavy (non-hydrogen) atoms. The van der Waals surface area contributed by atoms with Crippen molar-refractivity contribution in [2.75, 3.05) is 0 Å². The lowest BCUT2D eigenvalue weighted by Crippen LogP contribution is -2.49. The van der Waals surface area contributed by atoms with Gasteiger partial charge in [-0.2, -0.15) is 0 Å². The van der Waals surface area contributed by atoms with Gasteiger partial charge in [0, 0.05) is 12.0 Å². The SMILES string of the molecule is CC1CCC2(CC(O)c3ccccc3O2)C(C)C1. The van der Waals surface area contributed by atoms with E-state index in [0.29, 0.717) is 5.92 Å². The molecule has 2 aliphatic rings. The predicted octanol–water partition coefficient (Wildman–Crippen LogP) is 3.70. The van der Waals surface area contributed by atoms with Crippen molar-refractivity contribution < 1.29 is 9.84 Å². The van der Waals surface area contributed by atoms with Crippen molar-refractivity contribution in [2.45, 2.75) is 51.2 Å². The van der Waals surface area contributed by atoms with Gasteiger partial charge in [-0.25, -0.2) is 0 Å². The van der Waals surface area contributed by atoms with Gasteiger partial charge in [-0.3, -0.25) is 0 Å². The van der Waals surface area contributed by atoms with Crippen molar-refractivity contribution in [3.8, 4) is 5.75 Å². The number of aliphatic hydroxyl groups is 1. The van der Waals surface area contributed by atoms with E-state index < -0.39 is 0 Å². The molecule has 1 N–H and O–H groups in total. The highest BCUT2D eigenvalue weighted by Crippen LogP contribution is 2.49. The Bertz CT molecular complexity index is 442. The number of rotatable bonds is 0. The van der Waals surface area contributed by atoms with Gasteiger partial charge in [0.05, 0.1) is 6.10 Å². The van der Waals surface area contributed by atoms with Crippen LogP contribution in [0.3, 0.4) is 0 Å². The summed E-state index contributed by atoms with van der Waals surface area (Å²) >= 11 is 0. The third kappa shape index (κ3) is 1.83. The van der Waals surface area contributed by atoms with Gasteiger partial charge in [0.1, 0.15) is 11.4 Å². The number of ether oxygens (including phenoxy) is 1. The Kier molecular flexibility index (Phi) is 2.86. The molecule has 2 heteroatoms. The molecule has 1 aliphatic heterocycles. The Labute approximate surface area is 109 Å². The average Bonchev–Trinajstić information content (AvgIpc) is 2.35. The average molecular weight is 246 g/mol.